The minimum Gasteiger partial charge on any atom is -0.504 e. The van der Waals surface area contributed by atoms with Crippen molar-refractivity contribution >= 4 is 23.5 Å². The van der Waals surface area contributed by atoms with E-state index in [9.17, 15) is 5.11 Å². The van der Waals surface area contributed by atoms with Gasteiger partial charge in [0.15, 0.2) is 16.6 Å². The second-order valence-corrected chi connectivity index (χ2v) is 4.51. The van der Waals surface area contributed by atoms with Crippen molar-refractivity contribution in [1.29, 1.82) is 0 Å². The van der Waals surface area contributed by atoms with Gasteiger partial charge < -0.3 is 19.9 Å². The third-order valence-corrected chi connectivity index (χ3v) is 2.62. The molecule has 0 amide bonds. The van der Waals surface area contributed by atoms with Crippen molar-refractivity contribution < 1.29 is 14.6 Å². The van der Waals surface area contributed by atoms with E-state index in [2.05, 4.69) is 15.8 Å². The zero-order chi connectivity index (χ0) is 15.0. The summed E-state index contributed by atoms with van der Waals surface area (Å²) in [5.74, 6) is 0.426. The monoisotopic (exact) mass is 297 g/mol. The van der Waals surface area contributed by atoms with E-state index in [0.717, 1.165) is 0 Å². The Morgan fingerprint density at radius 1 is 1.50 bits per heavy atom. The number of thiocarbonyl (C=S) groups is 1. The molecule has 0 aliphatic heterocycles. The van der Waals surface area contributed by atoms with Crippen LogP contribution >= 0.6 is 12.2 Å². The van der Waals surface area contributed by atoms with Crippen molar-refractivity contribution in [3.8, 4) is 11.5 Å². The van der Waals surface area contributed by atoms with Gasteiger partial charge in [-0.2, -0.15) is 5.10 Å². The summed E-state index contributed by atoms with van der Waals surface area (Å²) in [6.45, 7) is 2.48. The highest BCUT2D eigenvalue weighted by molar-refractivity contribution is 7.80. The summed E-state index contributed by atoms with van der Waals surface area (Å²) in [7, 11) is 3.11. The lowest BCUT2D eigenvalue weighted by Gasteiger charge is -2.13. The van der Waals surface area contributed by atoms with Crippen LogP contribution in [0.1, 0.15) is 12.5 Å². The van der Waals surface area contributed by atoms with Crippen LogP contribution in [-0.2, 0) is 4.74 Å². The molecular weight excluding hydrogens is 278 g/mol. The van der Waals surface area contributed by atoms with Crippen LogP contribution in [0.5, 0.6) is 11.5 Å². The first-order valence-corrected chi connectivity index (χ1v) is 6.43. The second-order valence-electron chi connectivity index (χ2n) is 4.10. The number of phenols is 1. The number of para-hydroxylation sites is 1. The topological polar surface area (TPSA) is 75.1 Å². The van der Waals surface area contributed by atoms with Crippen LogP contribution in [0, 0.1) is 0 Å². The molecule has 0 aliphatic carbocycles. The second kappa shape index (κ2) is 8.34. The van der Waals surface area contributed by atoms with Gasteiger partial charge in [0.05, 0.1) is 19.9 Å². The summed E-state index contributed by atoms with van der Waals surface area (Å²) in [5, 5.41) is 17.2. The Bertz CT molecular complexity index is 480. The number of benzene rings is 1. The van der Waals surface area contributed by atoms with Gasteiger partial charge in [-0.15, -0.1) is 0 Å². The molecule has 0 aliphatic rings. The van der Waals surface area contributed by atoms with Gasteiger partial charge >= 0.3 is 0 Å². The van der Waals surface area contributed by atoms with Gasteiger partial charge in [0.2, 0.25) is 0 Å². The summed E-state index contributed by atoms with van der Waals surface area (Å²) < 4.78 is 9.99. The molecule has 3 N–H and O–H groups in total. The predicted octanol–water partition coefficient (Wildman–Crippen LogP) is 1.23. The van der Waals surface area contributed by atoms with E-state index >= 15 is 0 Å². The lowest BCUT2D eigenvalue weighted by atomic mass is 10.2. The maximum Gasteiger partial charge on any atom is 0.187 e. The number of aromatic hydroxyl groups is 1. The van der Waals surface area contributed by atoms with Gasteiger partial charge in [0.25, 0.3) is 0 Å². The molecule has 1 aromatic carbocycles. The first-order valence-electron chi connectivity index (χ1n) is 6.03. The molecule has 0 unspecified atom stereocenters. The number of methoxy groups -OCH3 is 2. The zero-order valence-electron chi connectivity index (χ0n) is 11.7. The summed E-state index contributed by atoms with van der Waals surface area (Å²) in [4.78, 5) is 0. The van der Waals surface area contributed by atoms with Crippen molar-refractivity contribution in [2.45, 2.75) is 13.0 Å². The molecular formula is C13H19N3O3S. The molecule has 0 fully saturated rings. The fourth-order valence-electron chi connectivity index (χ4n) is 1.52. The SMILES string of the molecule is COC[C@H](C)NC(=S)N/N=C/c1cccc(OC)c1O. The summed E-state index contributed by atoms with van der Waals surface area (Å²) in [5.41, 5.74) is 3.20. The third kappa shape index (κ3) is 5.02. The van der Waals surface area contributed by atoms with Crippen LogP contribution in [0.2, 0.25) is 0 Å². The average molecular weight is 297 g/mol. The molecule has 7 heteroatoms. The van der Waals surface area contributed by atoms with Crippen molar-refractivity contribution in [1.82, 2.24) is 10.7 Å². The van der Waals surface area contributed by atoms with E-state index in [0.29, 0.717) is 23.0 Å². The highest BCUT2D eigenvalue weighted by Crippen LogP contribution is 2.27. The number of rotatable bonds is 6. The normalized spacial score (nSPS) is 12.2. The van der Waals surface area contributed by atoms with Crippen molar-refractivity contribution in [2.75, 3.05) is 20.8 Å². The molecule has 0 heterocycles. The van der Waals surface area contributed by atoms with Crippen LogP contribution in [0.25, 0.3) is 0 Å². The molecule has 110 valence electrons. The van der Waals surface area contributed by atoms with Crippen LogP contribution in [0.4, 0.5) is 0 Å². The minimum atomic E-state index is 0.0344. The molecule has 0 saturated heterocycles. The van der Waals surface area contributed by atoms with Crippen LogP contribution < -0.4 is 15.5 Å². The Hall–Kier alpha value is -1.86. The molecule has 20 heavy (non-hydrogen) atoms. The smallest absolute Gasteiger partial charge is 0.187 e. The van der Waals surface area contributed by atoms with Gasteiger partial charge in [-0.1, -0.05) is 6.07 Å². The Balaban J connectivity index is 2.55. The van der Waals surface area contributed by atoms with E-state index in [1.807, 2.05) is 6.92 Å². The Labute approximate surface area is 123 Å². The first-order chi connectivity index (χ1) is 9.58. The highest BCUT2D eigenvalue weighted by atomic mass is 32.1. The van der Waals surface area contributed by atoms with Crippen LogP contribution in [-0.4, -0.2) is 43.3 Å². The highest BCUT2D eigenvalue weighted by Gasteiger charge is 2.05. The average Bonchev–Trinajstić information content (AvgIpc) is 2.41. The van der Waals surface area contributed by atoms with E-state index < -0.39 is 0 Å². The standard InChI is InChI=1S/C13H19N3O3S/c1-9(8-18-2)15-13(20)16-14-7-10-5-4-6-11(19-3)12(10)17/h4-7,9,17H,8H2,1-3H3,(H2,15,16,20)/b14-7+/t9-/m0/s1. The van der Waals surface area contributed by atoms with E-state index in [1.54, 1.807) is 25.3 Å². The van der Waals surface area contributed by atoms with E-state index in [4.69, 9.17) is 21.7 Å². The van der Waals surface area contributed by atoms with Gasteiger partial charge in [0, 0.05) is 18.7 Å². The number of hydrogen-bond donors (Lipinski definition) is 3. The van der Waals surface area contributed by atoms with Crippen LogP contribution in [0.15, 0.2) is 23.3 Å². The van der Waals surface area contributed by atoms with Gasteiger partial charge in [-0.3, -0.25) is 5.43 Å². The molecule has 6 nitrogen and oxygen atoms in total. The summed E-state index contributed by atoms with van der Waals surface area (Å²) >= 11 is 5.06. The summed E-state index contributed by atoms with van der Waals surface area (Å²) in [6, 6.07) is 5.23. The number of ether oxygens (including phenoxy) is 2. The van der Waals surface area contributed by atoms with Gasteiger partial charge in [-0.05, 0) is 31.3 Å². The molecule has 0 saturated carbocycles. The molecule has 1 atom stereocenters. The first kappa shape index (κ1) is 16.2. The minimum absolute atomic E-state index is 0.0344. The molecule has 1 aromatic rings. The van der Waals surface area contributed by atoms with Crippen molar-refractivity contribution in [3.63, 3.8) is 0 Å². The number of nitrogens with one attached hydrogen (secondary N) is 2. The fourth-order valence-corrected chi connectivity index (χ4v) is 1.77. The number of nitrogens with zero attached hydrogens (tertiary/aromatic N) is 1. The lowest BCUT2D eigenvalue weighted by Crippen LogP contribution is -2.40. The Morgan fingerprint density at radius 3 is 2.90 bits per heavy atom. The predicted molar refractivity (Wildman–Crippen MR) is 82.5 cm³/mol. The van der Waals surface area contributed by atoms with Gasteiger partial charge in [-0.25, -0.2) is 0 Å². The summed E-state index contributed by atoms with van der Waals surface area (Å²) in [6.07, 6.45) is 1.47. The fraction of sp³-hybridized carbons (Fsp3) is 0.385. The molecule has 1 rings (SSSR count). The maximum absolute atomic E-state index is 9.86. The lowest BCUT2D eigenvalue weighted by molar-refractivity contribution is 0.179. The van der Waals surface area contributed by atoms with Crippen LogP contribution in [0.3, 0.4) is 0 Å². The van der Waals surface area contributed by atoms with E-state index in [1.165, 1.54) is 13.3 Å². The number of phenolic OH excluding ortho intramolecular Hbond substituents is 1. The van der Waals surface area contributed by atoms with Gasteiger partial charge in [0.1, 0.15) is 0 Å². The molecule has 0 radical (unpaired) electrons. The van der Waals surface area contributed by atoms with Crippen molar-refractivity contribution in [3.05, 3.63) is 23.8 Å². The molecule has 0 bridgehead atoms. The maximum atomic E-state index is 9.86. The zero-order valence-corrected chi connectivity index (χ0v) is 12.5. The molecule has 0 spiro atoms. The molecule has 0 aromatic heterocycles. The largest absolute Gasteiger partial charge is 0.504 e. The Kier molecular flexibility index (Phi) is 6.75. The third-order valence-electron chi connectivity index (χ3n) is 2.41. The quantitative estimate of drug-likeness (QED) is 0.417. The Morgan fingerprint density at radius 2 is 2.25 bits per heavy atom. The number of hydrogen-bond acceptors (Lipinski definition) is 5. The van der Waals surface area contributed by atoms with E-state index in [-0.39, 0.29) is 11.8 Å². The van der Waals surface area contributed by atoms with Crippen molar-refractivity contribution in [2.24, 2.45) is 5.10 Å². The number of hydrazone groups is 1.